The molecule has 0 fully saturated rings. The summed E-state index contributed by atoms with van der Waals surface area (Å²) < 4.78 is 5.05. The lowest BCUT2D eigenvalue weighted by molar-refractivity contribution is -0.115. The number of carbonyl (C=O) groups excluding carboxylic acids is 2. The van der Waals surface area contributed by atoms with Gasteiger partial charge in [-0.3, -0.25) is 4.79 Å². The molecule has 2 heterocycles. The van der Waals surface area contributed by atoms with Crippen molar-refractivity contribution in [2.24, 2.45) is 11.3 Å². The lowest BCUT2D eigenvalue weighted by Gasteiger charge is -2.33. The van der Waals surface area contributed by atoms with Crippen molar-refractivity contribution in [1.29, 1.82) is 5.26 Å². The number of methoxy groups -OCH3 is 1. The highest BCUT2D eigenvalue weighted by Gasteiger charge is 2.34. The Kier molecular flexibility index (Phi) is 9.37. The maximum absolute atomic E-state index is 12.8. The molecule has 2 aromatic heterocycles. The summed E-state index contributed by atoms with van der Waals surface area (Å²) in [6.45, 7) is 8.90. The van der Waals surface area contributed by atoms with E-state index in [1.165, 1.54) is 35.1 Å². The molecular formula is C27H35N3O3S2. The zero-order valence-corrected chi connectivity index (χ0v) is 23.0. The molecule has 1 amide bonds. The number of thioether (sulfide) groups is 1. The Balaban J connectivity index is 1.68. The average molecular weight is 514 g/mol. The van der Waals surface area contributed by atoms with Crippen LogP contribution < -0.4 is 5.32 Å². The number of nitrogens with one attached hydrogen (secondary N) is 1. The normalized spacial score (nSPS) is 15.3. The smallest absolute Gasteiger partial charge is 0.341 e. The van der Waals surface area contributed by atoms with E-state index in [9.17, 15) is 14.9 Å². The first-order valence-electron chi connectivity index (χ1n) is 12.2. The van der Waals surface area contributed by atoms with Crippen LogP contribution in [0, 0.1) is 22.7 Å². The van der Waals surface area contributed by atoms with Crippen molar-refractivity contribution >= 4 is 40.0 Å². The van der Waals surface area contributed by atoms with Gasteiger partial charge in [-0.1, -0.05) is 34.1 Å². The van der Waals surface area contributed by atoms with Gasteiger partial charge in [0.05, 0.1) is 18.2 Å². The molecule has 1 N–H and O–H groups in total. The van der Waals surface area contributed by atoms with E-state index < -0.39 is 5.97 Å². The van der Waals surface area contributed by atoms with E-state index in [0.29, 0.717) is 32.8 Å². The molecule has 0 bridgehead atoms. The number of unbranched alkanes of at least 4 members (excludes halogenated alkanes) is 1. The van der Waals surface area contributed by atoms with Gasteiger partial charge in [0.2, 0.25) is 5.91 Å². The molecule has 1 atom stereocenters. The lowest BCUT2D eigenvalue weighted by atomic mass is 9.72. The third-order valence-corrected chi connectivity index (χ3v) is 8.69. The first-order chi connectivity index (χ1) is 16.7. The molecule has 3 rings (SSSR count). The quantitative estimate of drug-likeness (QED) is 0.307. The van der Waals surface area contributed by atoms with Crippen LogP contribution in [-0.4, -0.2) is 29.7 Å². The molecule has 35 heavy (non-hydrogen) atoms. The van der Waals surface area contributed by atoms with Crippen molar-refractivity contribution < 1.29 is 14.3 Å². The molecule has 0 spiro atoms. The van der Waals surface area contributed by atoms with Gasteiger partial charge in [0.1, 0.15) is 16.1 Å². The van der Waals surface area contributed by atoms with Gasteiger partial charge >= 0.3 is 5.97 Å². The van der Waals surface area contributed by atoms with Crippen LogP contribution >= 0.6 is 23.1 Å². The molecule has 0 radical (unpaired) electrons. The molecule has 0 saturated heterocycles. The number of hydrogen-bond donors (Lipinski definition) is 1. The van der Waals surface area contributed by atoms with Gasteiger partial charge < -0.3 is 10.1 Å². The molecule has 1 aliphatic rings. The molecule has 0 aromatic carbocycles. The van der Waals surface area contributed by atoms with Crippen LogP contribution in [0.3, 0.4) is 0 Å². The van der Waals surface area contributed by atoms with Gasteiger partial charge in [-0.15, -0.1) is 23.1 Å². The Morgan fingerprint density at radius 1 is 1.34 bits per heavy atom. The predicted octanol–water partition coefficient (Wildman–Crippen LogP) is 6.42. The van der Waals surface area contributed by atoms with Crippen LogP contribution in [0.2, 0.25) is 0 Å². The van der Waals surface area contributed by atoms with Crippen LogP contribution in [0.4, 0.5) is 5.00 Å². The molecule has 2 aromatic rings. The fourth-order valence-corrected chi connectivity index (χ4v) is 6.60. The largest absolute Gasteiger partial charge is 0.465 e. The molecule has 1 unspecified atom stereocenters. The van der Waals surface area contributed by atoms with Crippen molar-refractivity contribution in [3.05, 3.63) is 39.4 Å². The average Bonchev–Trinajstić information content (AvgIpc) is 3.18. The fourth-order valence-electron chi connectivity index (χ4n) is 4.33. The highest BCUT2D eigenvalue weighted by atomic mass is 32.2. The predicted molar refractivity (Wildman–Crippen MR) is 142 cm³/mol. The highest BCUT2D eigenvalue weighted by molar-refractivity contribution is 7.99. The Morgan fingerprint density at radius 3 is 2.77 bits per heavy atom. The summed E-state index contributed by atoms with van der Waals surface area (Å²) in [4.78, 5) is 31.2. The Hall–Kier alpha value is -2.37. The lowest BCUT2D eigenvalue weighted by Crippen LogP contribution is -2.26. The number of carbonyl (C=O) groups is 2. The van der Waals surface area contributed by atoms with Crippen LogP contribution in [0.25, 0.3) is 0 Å². The van der Waals surface area contributed by atoms with Crippen molar-refractivity contribution in [2.75, 3.05) is 18.2 Å². The van der Waals surface area contributed by atoms with Crippen molar-refractivity contribution in [3.63, 3.8) is 0 Å². The Morgan fingerprint density at radius 2 is 2.11 bits per heavy atom. The minimum atomic E-state index is -0.395. The SMILES string of the molecule is CCCCc1ccc(C#N)c(SCCC(=O)Nc2sc3c(c2C(=O)OC)CCC(C(C)(C)C)C3)n1. The number of pyridine rings is 1. The standard InChI is InChI=1S/C27H35N3O3S2/c1-6-7-8-19-11-9-17(16-28)24(29-19)34-14-13-22(31)30-25-23(26(32)33-5)20-12-10-18(27(2,3)4)15-21(20)35-25/h9,11,18H,6-8,10,12-15H2,1-5H3,(H,30,31). The van der Waals surface area contributed by atoms with Gasteiger partial charge in [-0.05, 0) is 61.1 Å². The number of ether oxygens (including phenoxy) is 1. The van der Waals surface area contributed by atoms with Crippen LogP contribution in [0.1, 0.15) is 85.4 Å². The van der Waals surface area contributed by atoms with Gasteiger partial charge in [0, 0.05) is 22.7 Å². The zero-order valence-electron chi connectivity index (χ0n) is 21.3. The highest BCUT2D eigenvalue weighted by Crippen LogP contribution is 2.44. The first-order valence-corrected chi connectivity index (χ1v) is 14.0. The van der Waals surface area contributed by atoms with Crippen LogP contribution in [0.5, 0.6) is 0 Å². The Labute approximate surface area is 216 Å². The summed E-state index contributed by atoms with van der Waals surface area (Å²) in [5.41, 5.74) is 3.23. The minimum Gasteiger partial charge on any atom is -0.465 e. The molecule has 188 valence electrons. The topological polar surface area (TPSA) is 92.1 Å². The third-order valence-electron chi connectivity index (χ3n) is 6.53. The number of anilines is 1. The first kappa shape index (κ1) is 27.2. The number of thiophene rings is 1. The minimum absolute atomic E-state index is 0.158. The number of nitrogens with zero attached hydrogens (tertiary/aromatic N) is 2. The van der Waals surface area contributed by atoms with E-state index in [2.05, 4.69) is 44.1 Å². The molecule has 6 nitrogen and oxygen atoms in total. The Bertz CT molecular complexity index is 1110. The second-order valence-corrected chi connectivity index (χ2v) is 12.2. The maximum atomic E-state index is 12.8. The summed E-state index contributed by atoms with van der Waals surface area (Å²) in [5, 5.41) is 13.6. The number of aryl methyl sites for hydroxylation is 1. The molecule has 8 heteroatoms. The number of amides is 1. The van der Waals surface area contributed by atoms with E-state index in [1.807, 2.05) is 12.1 Å². The van der Waals surface area contributed by atoms with Crippen LogP contribution in [0.15, 0.2) is 17.2 Å². The summed E-state index contributed by atoms with van der Waals surface area (Å²) >= 11 is 2.93. The van der Waals surface area contributed by atoms with Crippen molar-refractivity contribution in [1.82, 2.24) is 4.98 Å². The molecule has 1 aliphatic carbocycles. The number of nitriles is 1. The van der Waals surface area contributed by atoms with Gasteiger partial charge in [-0.25, -0.2) is 9.78 Å². The van der Waals surface area contributed by atoms with Gasteiger partial charge in [0.15, 0.2) is 0 Å². The monoisotopic (exact) mass is 513 g/mol. The van der Waals surface area contributed by atoms with E-state index in [1.54, 1.807) is 0 Å². The van der Waals surface area contributed by atoms with Gasteiger partial charge in [0.25, 0.3) is 0 Å². The summed E-state index contributed by atoms with van der Waals surface area (Å²) in [6.07, 6.45) is 6.02. The number of rotatable bonds is 9. The summed E-state index contributed by atoms with van der Waals surface area (Å²) in [7, 11) is 1.38. The van der Waals surface area contributed by atoms with E-state index >= 15 is 0 Å². The summed E-state index contributed by atoms with van der Waals surface area (Å²) in [5.74, 6) is 0.478. The second kappa shape index (κ2) is 12.0. The molecule has 0 aliphatic heterocycles. The van der Waals surface area contributed by atoms with E-state index in [-0.39, 0.29) is 17.7 Å². The zero-order chi connectivity index (χ0) is 25.6. The number of fused-ring (bicyclic) bond motifs is 1. The van der Waals surface area contributed by atoms with Crippen LogP contribution in [-0.2, 0) is 28.8 Å². The fraction of sp³-hybridized carbons (Fsp3) is 0.556. The van der Waals surface area contributed by atoms with E-state index in [4.69, 9.17) is 4.74 Å². The second-order valence-electron chi connectivity index (χ2n) is 10.0. The maximum Gasteiger partial charge on any atom is 0.341 e. The number of aromatic nitrogens is 1. The third kappa shape index (κ3) is 6.86. The van der Waals surface area contributed by atoms with E-state index in [0.717, 1.165) is 49.8 Å². The molecular weight excluding hydrogens is 478 g/mol. The van der Waals surface area contributed by atoms with Gasteiger partial charge in [-0.2, -0.15) is 5.26 Å². The van der Waals surface area contributed by atoms with Crippen molar-refractivity contribution in [3.8, 4) is 6.07 Å². The number of esters is 1. The summed E-state index contributed by atoms with van der Waals surface area (Å²) in [6, 6.07) is 5.91. The number of hydrogen-bond acceptors (Lipinski definition) is 7. The molecule has 0 saturated carbocycles. The van der Waals surface area contributed by atoms with Crippen molar-refractivity contribution in [2.45, 2.75) is 77.7 Å².